The van der Waals surface area contributed by atoms with Crippen LogP contribution in [0.25, 0.3) is 21.6 Å². The number of aromatic nitrogens is 1. The average Bonchev–Trinajstić information content (AvgIpc) is 3.41. The molecule has 1 aliphatic rings. The number of aryl methyl sites for hydroxylation is 2. The van der Waals surface area contributed by atoms with Crippen molar-refractivity contribution in [3.8, 4) is 27.3 Å². The van der Waals surface area contributed by atoms with Gasteiger partial charge in [0.2, 0.25) is 0 Å². The first-order valence-electron chi connectivity index (χ1n) is 14.1. The summed E-state index contributed by atoms with van der Waals surface area (Å²) >= 11 is 1.59. The number of anilines is 1. The van der Waals surface area contributed by atoms with Crippen LogP contribution in [0, 0.1) is 13.8 Å². The third-order valence-corrected chi connectivity index (χ3v) is 8.37. The monoisotopic (exact) mass is 598 g/mol. The van der Waals surface area contributed by atoms with Gasteiger partial charge in [-0.3, -0.25) is 9.59 Å². The number of pyridine rings is 1. The van der Waals surface area contributed by atoms with Gasteiger partial charge in [-0.05, 0) is 78.2 Å². The average molecular weight is 599 g/mol. The molecule has 0 atom stereocenters. The molecule has 9 nitrogen and oxygen atoms in total. The van der Waals surface area contributed by atoms with Gasteiger partial charge < -0.3 is 25.8 Å². The molecule has 2 amide bonds. The number of thiophene rings is 1. The number of fused-ring (bicyclic) bond motifs is 3. The zero-order valence-electron chi connectivity index (χ0n) is 24.6. The molecule has 0 spiro atoms. The fourth-order valence-corrected chi connectivity index (χ4v) is 6.24. The predicted molar refractivity (Wildman–Crippen MR) is 168 cm³/mol. The minimum absolute atomic E-state index is 0.0732. The number of benzene rings is 2. The Morgan fingerprint density at radius 1 is 1.02 bits per heavy atom. The van der Waals surface area contributed by atoms with Crippen molar-refractivity contribution < 1.29 is 23.9 Å². The molecule has 0 bridgehead atoms. The minimum atomic E-state index is -0.730. The molecule has 2 aromatic heterocycles. The molecule has 222 valence electrons. The normalized spacial score (nSPS) is 11.9. The van der Waals surface area contributed by atoms with Crippen LogP contribution >= 0.6 is 11.3 Å². The molecule has 43 heavy (non-hydrogen) atoms. The van der Waals surface area contributed by atoms with Gasteiger partial charge in [0.25, 0.3) is 11.8 Å². The van der Waals surface area contributed by atoms with Crippen LogP contribution in [0.4, 0.5) is 5.69 Å². The quantitative estimate of drug-likeness (QED) is 0.223. The van der Waals surface area contributed by atoms with E-state index in [4.69, 9.17) is 15.2 Å². The number of nitrogens with two attached hydrogens (primary N) is 1. The number of carbonyl (C=O) groups excluding carboxylic acids is 3. The zero-order chi connectivity index (χ0) is 30.7. The van der Waals surface area contributed by atoms with Gasteiger partial charge in [-0.2, -0.15) is 0 Å². The maximum atomic E-state index is 14.2. The number of rotatable bonds is 8. The van der Waals surface area contributed by atoms with Gasteiger partial charge in [-0.1, -0.05) is 19.1 Å². The van der Waals surface area contributed by atoms with E-state index in [2.05, 4.69) is 21.7 Å². The van der Waals surface area contributed by atoms with E-state index in [1.807, 2.05) is 44.4 Å². The van der Waals surface area contributed by atoms with E-state index in [-0.39, 0.29) is 17.3 Å². The third-order valence-electron chi connectivity index (χ3n) is 7.38. The van der Waals surface area contributed by atoms with Crippen molar-refractivity contribution in [2.75, 3.05) is 25.6 Å². The van der Waals surface area contributed by atoms with Crippen molar-refractivity contribution in [2.45, 2.75) is 40.2 Å². The van der Waals surface area contributed by atoms with Gasteiger partial charge >= 0.3 is 5.97 Å². The summed E-state index contributed by atoms with van der Waals surface area (Å²) < 4.78 is 11.2. The van der Waals surface area contributed by atoms with Gasteiger partial charge in [0.05, 0.1) is 13.7 Å². The summed E-state index contributed by atoms with van der Waals surface area (Å²) in [5.74, 6) is -0.911. The number of hydrogen-bond acceptors (Lipinski definition) is 8. The highest BCUT2D eigenvalue weighted by atomic mass is 32.1. The van der Waals surface area contributed by atoms with Gasteiger partial charge in [0.15, 0.2) is 5.69 Å². The van der Waals surface area contributed by atoms with Gasteiger partial charge in [-0.25, -0.2) is 9.78 Å². The third kappa shape index (κ3) is 6.02. The number of carbonyl (C=O) groups is 3. The van der Waals surface area contributed by atoms with Crippen LogP contribution in [-0.4, -0.2) is 43.0 Å². The number of hydrogen-bond donors (Lipinski definition) is 3. The standard InChI is InChI=1S/C33H34N4O5S/c1-5-10-35-32(39)26-7-6-22(29(36-26)33(40)41-4)23-16-27-25(30-21(8-11-42-27)9-12-43-30)15-24(23)31(38)37-28-18(2)13-20(17-34)14-19(28)3/h6-7,9,12-16H,5,8,10-11,17,34H2,1-4H3,(H,35,39)(H,37,38). The highest BCUT2D eigenvalue weighted by molar-refractivity contribution is 7.13. The lowest BCUT2D eigenvalue weighted by molar-refractivity contribution is 0.0594. The van der Waals surface area contributed by atoms with Crippen molar-refractivity contribution in [3.05, 3.63) is 87.0 Å². The number of methoxy groups -OCH3 is 1. The molecule has 3 heterocycles. The Morgan fingerprint density at radius 2 is 1.79 bits per heavy atom. The van der Waals surface area contributed by atoms with Crippen LogP contribution < -0.4 is 21.1 Å². The highest BCUT2D eigenvalue weighted by Crippen LogP contribution is 2.43. The molecule has 1 aliphatic heterocycles. The first kappa shape index (κ1) is 29.9. The Kier molecular flexibility index (Phi) is 8.89. The summed E-state index contributed by atoms with van der Waals surface area (Å²) in [6, 6.07) is 12.7. The Balaban J connectivity index is 1.69. The number of ether oxygens (including phenoxy) is 2. The molecule has 0 unspecified atom stereocenters. The van der Waals surface area contributed by atoms with Crippen LogP contribution in [0.15, 0.2) is 47.8 Å². The maximum Gasteiger partial charge on any atom is 0.357 e. The number of nitrogens with zero attached hydrogens (tertiary/aromatic N) is 1. The highest BCUT2D eigenvalue weighted by Gasteiger charge is 2.27. The number of esters is 1. The zero-order valence-corrected chi connectivity index (χ0v) is 25.4. The smallest absolute Gasteiger partial charge is 0.357 e. The fourth-order valence-electron chi connectivity index (χ4n) is 5.26. The van der Waals surface area contributed by atoms with E-state index in [0.717, 1.165) is 45.5 Å². The molecular formula is C33H34N4O5S. The van der Waals surface area contributed by atoms with Crippen molar-refractivity contribution >= 4 is 34.8 Å². The Labute approximate surface area is 254 Å². The van der Waals surface area contributed by atoms with Crippen LogP contribution in [0.3, 0.4) is 0 Å². The molecule has 0 saturated heterocycles. The van der Waals surface area contributed by atoms with Crippen molar-refractivity contribution in [1.82, 2.24) is 10.3 Å². The molecule has 4 aromatic rings. The van der Waals surface area contributed by atoms with Crippen molar-refractivity contribution in [2.24, 2.45) is 5.73 Å². The number of nitrogens with one attached hydrogen (secondary N) is 2. The molecule has 4 N–H and O–H groups in total. The van der Waals surface area contributed by atoms with E-state index < -0.39 is 11.9 Å². The summed E-state index contributed by atoms with van der Waals surface area (Å²) in [5, 5.41) is 7.90. The maximum absolute atomic E-state index is 14.2. The van der Waals surface area contributed by atoms with Gasteiger partial charge in [0.1, 0.15) is 11.4 Å². The minimum Gasteiger partial charge on any atom is -0.493 e. The van der Waals surface area contributed by atoms with Crippen LogP contribution in [0.2, 0.25) is 0 Å². The summed E-state index contributed by atoms with van der Waals surface area (Å²) in [6.45, 7) is 7.12. The van der Waals surface area contributed by atoms with E-state index in [1.54, 1.807) is 23.5 Å². The predicted octanol–water partition coefficient (Wildman–Crippen LogP) is 5.67. The van der Waals surface area contributed by atoms with Gasteiger partial charge in [0, 0.05) is 52.3 Å². The summed E-state index contributed by atoms with van der Waals surface area (Å²) in [5.41, 5.74) is 12.3. The number of amides is 2. The first-order valence-corrected chi connectivity index (χ1v) is 15.0. The molecule has 2 aromatic carbocycles. The topological polar surface area (TPSA) is 133 Å². The lowest BCUT2D eigenvalue weighted by atomic mass is 9.93. The molecule has 10 heteroatoms. The first-order chi connectivity index (χ1) is 20.7. The second-order valence-corrected chi connectivity index (χ2v) is 11.3. The fraction of sp³-hybridized carbons (Fsp3) is 0.273. The van der Waals surface area contributed by atoms with Crippen molar-refractivity contribution in [3.63, 3.8) is 0 Å². The lowest BCUT2D eigenvalue weighted by Crippen LogP contribution is -2.26. The largest absolute Gasteiger partial charge is 0.493 e. The Hall–Kier alpha value is -4.54. The summed E-state index contributed by atoms with van der Waals surface area (Å²) in [7, 11) is 1.25. The van der Waals surface area contributed by atoms with Gasteiger partial charge in [-0.15, -0.1) is 11.3 Å². The molecule has 0 radical (unpaired) electrons. The van der Waals surface area contributed by atoms with Crippen molar-refractivity contribution in [1.29, 1.82) is 0 Å². The van der Waals surface area contributed by atoms with E-state index >= 15 is 0 Å². The Bertz CT molecular complexity index is 1710. The summed E-state index contributed by atoms with van der Waals surface area (Å²) in [4.78, 5) is 45.3. The van der Waals surface area contributed by atoms with Crippen LogP contribution in [0.1, 0.15) is 66.9 Å². The van der Waals surface area contributed by atoms with Crippen LogP contribution in [0.5, 0.6) is 5.75 Å². The molecule has 5 rings (SSSR count). The molecular weight excluding hydrogens is 564 g/mol. The lowest BCUT2D eigenvalue weighted by Gasteiger charge is -2.19. The van der Waals surface area contributed by atoms with E-state index in [9.17, 15) is 14.4 Å². The molecule has 0 fully saturated rings. The molecule has 0 saturated carbocycles. The summed E-state index contributed by atoms with van der Waals surface area (Å²) in [6.07, 6.45) is 1.48. The Morgan fingerprint density at radius 3 is 2.49 bits per heavy atom. The van der Waals surface area contributed by atoms with E-state index in [0.29, 0.717) is 47.8 Å². The second kappa shape index (κ2) is 12.8. The van der Waals surface area contributed by atoms with E-state index in [1.165, 1.54) is 13.2 Å². The SMILES string of the molecule is CCCNC(=O)c1ccc(-c2cc3c(cc2C(=O)Nc2c(C)cc(CN)cc2C)-c2sccc2CCO3)c(C(=O)OC)n1. The molecule has 0 aliphatic carbocycles. The second-order valence-electron chi connectivity index (χ2n) is 10.4. The van der Waals surface area contributed by atoms with Crippen LogP contribution in [-0.2, 0) is 17.7 Å².